The van der Waals surface area contributed by atoms with Crippen molar-refractivity contribution in [2.24, 2.45) is 0 Å². The molecule has 0 amide bonds. The molecule has 1 aromatic heterocycles. The standard InChI is InChI=1S/C15H26N2O2S2/c1-3-11-16-12-14-9-10-15(20-14)21(18,19)17(4-2)13-7-5-6-8-13/h9-10,13,16H,3-8,11-12H2,1-2H3. The Bertz CT molecular complexity index is 534. The molecule has 1 N–H and O–H groups in total. The van der Waals surface area contributed by atoms with Gasteiger partial charge in [0.05, 0.1) is 0 Å². The Kier molecular flexibility index (Phi) is 6.22. The molecule has 0 radical (unpaired) electrons. The molecule has 0 bridgehead atoms. The first-order valence-corrected chi connectivity index (χ1v) is 10.2. The van der Waals surface area contributed by atoms with E-state index in [1.165, 1.54) is 11.3 Å². The molecule has 1 aliphatic carbocycles. The van der Waals surface area contributed by atoms with Crippen molar-refractivity contribution in [2.75, 3.05) is 13.1 Å². The lowest BCUT2D eigenvalue weighted by Crippen LogP contribution is -2.38. The molecule has 2 rings (SSSR count). The van der Waals surface area contributed by atoms with Crippen LogP contribution in [0.2, 0.25) is 0 Å². The Hall–Kier alpha value is -0.430. The molecule has 6 heteroatoms. The van der Waals surface area contributed by atoms with Crippen molar-refractivity contribution in [3.63, 3.8) is 0 Å². The molecule has 1 aromatic rings. The lowest BCUT2D eigenvalue weighted by molar-refractivity contribution is 0.336. The van der Waals surface area contributed by atoms with E-state index in [1.54, 1.807) is 10.4 Å². The maximum atomic E-state index is 12.8. The lowest BCUT2D eigenvalue weighted by atomic mass is 10.2. The summed E-state index contributed by atoms with van der Waals surface area (Å²) < 4.78 is 27.8. The van der Waals surface area contributed by atoms with Crippen LogP contribution in [0.25, 0.3) is 0 Å². The van der Waals surface area contributed by atoms with Crippen LogP contribution in [0.4, 0.5) is 0 Å². The Morgan fingerprint density at radius 2 is 2.00 bits per heavy atom. The molecule has 0 saturated heterocycles. The summed E-state index contributed by atoms with van der Waals surface area (Å²) in [4.78, 5) is 1.09. The van der Waals surface area contributed by atoms with E-state index >= 15 is 0 Å². The fraction of sp³-hybridized carbons (Fsp3) is 0.733. The van der Waals surface area contributed by atoms with Crippen LogP contribution >= 0.6 is 11.3 Å². The molecule has 1 aliphatic rings. The summed E-state index contributed by atoms with van der Waals surface area (Å²) in [5, 5.41) is 3.32. The van der Waals surface area contributed by atoms with Crippen LogP contribution in [0, 0.1) is 0 Å². The van der Waals surface area contributed by atoms with Gasteiger partial charge in [0, 0.05) is 24.0 Å². The molecule has 1 heterocycles. The van der Waals surface area contributed by atoms with Gasteiger partial charge in [-0.25, -0.2) is 8.42 Å². The summed E-state index contributed by atoms with van der Waals surface area (Å²) in [7, 11) is -3.32. The van der Waals surface area contributed by atoms with Crippen LogP contribution in [-0.2, 0) is 16.6 Å². The van der Waals surface area contributed by atoms with Gasteiger partial charge >= 0.3 is 0 Å². The van der Waals surface area contributed by atoms with Crippen LogP contribution in [0.5, 0.6) is 0 Å². The summed E-state index contributed by atoms with van der Waals surface area (Å²) in [6.45, 7) is 6.34. The highest BCUT2D eigenvalue weighted by atomic mass is 32.2. The third-order valence-corrected chi connectivity index (χ3v) is 7.55. The van der Waals surface area contributed by atoms with Crippen LogP contribution in [0.15, 0.2) is 16.3 Å². The highest BCUT2D eigenvalue weighted by molar-refractivity contribution is 7.91. The SMILES string of the molecule is CCCNCc1ccc(S(=O)(=O)N(CC)C2CCCC2)s1. The highest BCUT2D eigenvalue weighted by Gasteiger charge is 2.32. The zero-order valence-electron chi connectivity index (χ0n) is 13.0. The van der Waals surface area contributed by atoms with E-state index in [1.807, 2.05) is 13.0 Å². The quantitative estimate of drug-likeness (QED) is 0.745. The normalized spacial score (nSPS) is 16.9. The van der Waals surface area contributed by atoms with Crippen LogP contribution in [0.1, 0.15) is 50.8 Å². The van der Waals surface area contributed by atoms with Crippen molar-refractivity contribution < 1.29 is 8.42 Å². The van der Waals surface area contributed by atoms with Gasteiger partial charge in [-0.05, 0) is 37.9 Å². The van der Waals surface area contributed by atoms with Gasteiger partial charge in [0.1, 0.15) is 4.21 Å². The predicted molar refractivity (Wildman–Crippen MR) is 88.1 cm³/mol. The zero-order chi connectivity index (χ0) is 15.3. The van der Waals surface area contributed by atoms with Gasteiger partial charge < -0.3 is 5.32 Å². The Morgan fingerprint density at radius 3 is 2.62 bits per heavy atom. The highest BCUT2D eigenvalue weighted by Crippen LogP contribution is 2.31. The maximum absolute atomic E-state index is 12.8. The fourth-order valence-corrected chi connectivity index (χ4v) is 6.06. The molecule has 21 heavy (non-hydrogen) atoms. The molecule has 0 unspecified atom stereocenters. The monoisotopic (exact) mass is 330 g/mol. The number of nitrogens with zero attached hydrogens (tertiary/aromatic N) is 1. The number of hydrogen-bond donors (Lipinski definition) is 1. The second-order valence-electron chi connectivity index (χ2n) is 5.54. The summed E-state index contributed by atoms with van der Waals surface area (Å²) in [6, 6.07) is 3.90. The van der Waals surface area contributed by atoms with Crippen LogP contribution in [0.3, 0.4) is 0 Å². The van der Waals surface area contributed by atoms with Gasteiger partial charge in [0.2, 0.25) is 0 Å². The van der Waals surface area contributed by atoms with E-state index in [2.05, 4.69) is 12.2 Å². The summed E-state index contributed by atoms with van der Waals surface area (Å²) in [5.74, 6) is 0. The zero-order valence-corrected chi connectivity index (χ0v) is 14.6. The average molecular weight is 331 g/mol. The molecule has 0 atom stereocenters. The van der Waals surface area contributed by atoms with E-state index in [4.69, 9.17) is 0 Å². The number of sulfonamides is 1. The molecule has 0 aliphatic heterocycles. The molecule has 120 valence electrons. The van der Waals surface area contributed by atoms with E-state index in [9.17, 15) is 8.42 Å². The molecule has 1 saturated carbocycles. The van der Waals surface area contributed by atoms with E-state index in [0.29, 0.717) is 10.8 Å². The first-order chi connectivity index (χ1) is 10.1. The minimum absolute atomic E-state index is 0.198. The van der Waals surface area contributed by atoms with Gasteiger partial charge in [0.25, 0.3) is 10.0 Å². The largest absolute Gasteiger partial charge is 0.312 e. The van der Waals surface area contributed by atoms with Crippen LogP contribution in [-0.4, -0.2) is 31.9 Å². The van der Waals surface area contributed by atoms with E-state index < -0.39 is 10.0 Å². The van der Waals surface area contributed by atoms with E-state index in [-0.39, 0.29) is 6.04 Å². The van der Waals surface area contributed by atoms with E-state index in [0.717, 1.165) is 50.1 Å². The molecule has 4 nitrogen and oxygen atoms in total. The topological polar surface area (TPSA) is 49.4 Å². The van der Waals surface area contributed by atoms with Crippen molar-refractivity contribution in [1.29, 1.82) is 0 Å². The lowest BCUT2D eigenvalue weighted by Gasteiger charge is -2.25. The maximum Gasteiger partial charge on any atom is 0.252 e. The second kappa shape index (κ2) is 7.72. The minimum atomic E-state index is -3.32. The van der Waals surface area contributed by atoms with Crippen molar-refractivity contribution in [1.82, 2.24) is 9.62 Å². The van der Waals surface area contributed by atoms with Gasteiger partial charge in [0.15, 0.2) is 0 Å². The summed E-state index contributed by atoms with van der Waals surface area (Å²) >= 11 is 1.40. The third-order valence-electron chi connectivity index (χ3n) is 3.97. The summed E-state index contributed by atoms with van der Waals surface area (Å²) in [6.07, 6.45) is 5.38. The predicted octanol–water partition coefficient (Wildman–Crippen LogP) is 3.20. The number of hydrogen-bond acceptors (Lipinski definition) is 4. The number of rotatable bonds is 8. The van der Waals surface area contributed by atoms with Gasteiger partial charge in [-0.15, -0.1) is 11.3 Å². The Balaban J connectivity index is 2.10. The van der Waals surface area contributed by atoms with Crippen molar-refractivity contribution >= 4 is 21.4 Å². The number of thiophene rings is 1. The molecule has 0 aromatic carbocycles. The van der Waals surface area contributed by atoms with Crippen LogP contribution < -0.4 is 5.32 Å². The van der Waals surface area contributed by atoms with Gasteiger partial charge in [-0.1, -0.05) is 26.7 Å². The Labute approximate surface area is 132 Å². The Morgan fingerprint density at radius 1 is 1.29 bits per heavy atom. The summed E-state index contributed by atoms with van der Waals surface area (Å²) in [5.41, 5.74) is 0. The minimum Gasteiger partial charge on any atom is -0.312 e. The second-order valence-corrected chi connectivity index (χ2v) is 8.83. The fourth-order valence-electron chi connectivity index (χ4n) is 2.91. The van der Waals surface area contributed by atoms with Crippen molar-refractivity contribution in [2.45, 2.75) is 62.7 Å². The van der Waals surface area contributed by atoms with Gasteiger partial charge in [-0.2, -0.15) is 4.31 Å². The first kappa shape index (κ1) is 16.9. The molecular weight excluding hydrogens is 304 g/mol. The van der Waals surface area contributed by atoms with Crippen molar-refractivity contribution in [3.05, 3.63) is 17.0 Å². The molecule has 1 fully saturated rings. The van der Waals surface area contributed by atoms with Gasteiger partial charge in [-0.3, -0.25) is 0 Å². The first-order valence-electron chi connectivity index (χ1n) is 7.90. The molecular formula is C15H26N2O2S2. The number of nitrogens with one attached hydrogen (secondary N) is 1. The molecule has 0 spiro atoms. The third kappa shape index (κ3) is 4.06. The van der Waals surface area contributed by atoms with Crippen molar-refractivity contribution in [3.8, 4) is 0 Å². The average Bonchev–Trinajstić information content (AvgIpc) is 3.11. The smallest absolute Gasteiger partial charge is 0.252 e.